The van der Waals surface area contributed by atoms with E-state index in [2.05, 4.69) is 5.32 Å². The summed E-state index contributed by atoms with van der Waals surface area (Å²) in [7, 11) is 0. The zero-order valence-corrected chi connectivity index (χ0v) is 10.9. The fourth-order valence-electron chi connectivity index (χ4n) is 2.48. The lowest BCUT2D eigenvalue weighted by Crippen LogP contribution is -2.46. The van der Waals surface area contributed by atoms with Crippen LogP contribution in [0.25, 0.3) is 0 Å². The molecule has 1 saturated heterocycles. The van der Waals surface area contributed by atoms with Crippen LogP contribution in [-0.2, 0) is 0 Å². The number of nitrogens with zero attached hydrogens (tertiary/aromatic N) is 1. The normalized spacial score (nSPS) is 20.6. The van der Waals surface area contributed by atoms with Crippen molar-refractivity contribution in [3.8, 4) is 0 Å². The Balaban J connectivity index is 1.74. The van der Waals surface area contributed by atoms with Crippen LogP contribution in [0.2, 0.25) is 0 Å². The van der Waals surface area contributed by atoms with Gasteiger partial charge in [-0.3, -0.25) is 4.90 Å². The molecule has 0 unspecified atom stereocenters. The SMILES string of the molecule is C[C@@H](NC1CCN(CC(F)(F)F)CC1)c1ccco1. The molecule has 1 aliphatic rings. The molecular formula is C13H19F3N2O. The second-order valence-electron chi connectivity index (χ2n) is 5.07. The first kappa shape index (κ1) is 14.4. The average Bonchev–Trinajstić information content (AvgIpc) is 2.83. The van der Waals surface area contributed by atoms with Gasteiger partial charge in [-0.15, -0.1) is 0 Å². The summed E-state index contributed by atoms with van der Waals surface area (Å²) in [6.07, 6.45) is -0.997. The Bertz CT molecular complexity index is 370. The van der Waals surface area contributed by atoms with E-state index in [1.54, 1.807) is 6.26 Å². The molecule has 0 amide bonds. The van der Waals surface area contributed by atoms with E-state index in [-0.39, 0.29) is 12.1 Å². The van der Waals surface area contributed by atoms with Crippen molar-refractivity contribution in [2.75, 3.05) is 19.6 Å². The second-order valence-corrected chi connectivity index (χ2v) is 5.07. The van der Waals surface area contributed by atoms with E-state index in [9.17, 15) is 13.2 Å². The molecule has 108 valence electrons. The molecule has 0 saturated carbocycles. The molecule has 1 aliphatic heterocycles. The summed E-state index contributed by atoms with van der Waals surface area (Å²) in [5.74, 6) is 0.859. The Morgan fingerprint density at radius 3 is 2.63 bits per heavy atom. The van der Waals surface area contributed by atoms with Crippen LogP contribution in [0, 0.1) is 0 Å². The molecular weight excluding hydrogens is 257 g/mol. The molecule has 0 radical (unpaired) electrons. The smallest absolute Gasteiger partial charge is 0.401 e. The first-order valence-electron chi connectivity index (χ1n) is 6.52. The highest BCUT2D eigenvalue weighted by Gasteiger charge is 2.32. The van der Waals surface area contributed by atoms with Crippen molar-refractivity contribution >= 4 is 0 Å². The molecule has 0 bridgehead atoms. The van der Waals surface area contributed by atoms with E-state index in [1.807, 2.05) is 19.1 Å². The lowest BCUT2D eigenvalue weighted by Gasteiger charge is -2.33. The predicted molar refractivity (Wildman–Crippen MR) is 65.8 cm³/mol. The van der Waals surface area contributed by atoms with Crippen LogP contribution < -0.4 is 5.32 Å². The highest BCUT2D eigenvalue weighted by Crippen LogP contribution is 2.21. The van der Waals surface area contributed by atoms with Gasteiger partial charge < -0.3 is 9.73 Å². The van der Waals surface area contributed by atoms with Gasteiger partial charge in [-0.05, 0) is 45.0 Å². The average molecular weight is 276 g/mol. The predicted octanol–water partition coefficient (Wildman–Crippen LogP) is 2.96. The Kier molecular flexibility index (Phi) is 4.52. The number of nitrogens with one attached hydrogen (secondary N) is 1. The Morgan fingerprint density at radius 2 is 2.11 bits per heavy atom. The van der Waals surface area contributed by atoms with Crippen molar-refractivity contribution in [3.63, 3.8) is 0 Å². The van der Waals surface area contributed by atoms with Gasteiger partial charge in [0.2, 0.25) is 0 Å². The zero-order valence-electron chi connectivity index (χ0n) is 10.9. The number of piperidine rings is 1. The third kappa shape index (κ3) is 4.54. The maximum absolute atomic E-state index is 12.3. The van der Waals surface area contributed by atoms with E-state index in [4.69, 9.17) is 4.42 Å². The van der Waals surface area contributed by atoms with Crippen LogP contribution in [-0.4, -0.2) is 36.8 Å². The van der Waals surface area contributed by atoms with E-state index in [0.717, 1.165) is 18.6 Å². The van der Waals surface area contributed by atoms with Gasteiger partial charge >= 0.3 is 6.18 Å². The quantitative estimate of drug-likeness (QED) is 0.916. The lowest BCUT2D eigenvalue weighted by atomic mass is 10.0. The molecule has 1 aromatic rings. The van der Waals surface area contributed by atoms with Gasteiger partial charge in [0, 0.05) is 6.04 Å². The summed E-state index contributed by atoms with van der Waals surface area (Å²) in [4.78, 5) is 1.47. The van der Waals surface area contributed by atoms with Crippen LogP contribution in [0.3, 0.4) is 0 Å². The number of rotatable bonds is 4. The minimum Gasteiger partial charge on any atom is -0.468 e. The van der Waals surface area contributed by atoms with E-state index in [1.165, 1.54) is 4.90 Å². The summed E-state index contributed by atoms with van der Waals surface area (Å²) >= 11 is 0. The highest BCUT2D eigenvalue weighted by molar-refractivity contribution is 5.03. The van der Waals surface area contributed by atoms with Gasteiger partial charge in [0.15, 0.2) is 0 Å². The van der Waals surface area contributed by atoms with Crippen molar-refractivity contribution in [2.45, 2.75) is 38.0 Å². The Hall–Kier alpha value is -1.01. The summed E-state index contributed by atoms with van der Waals surface area (Å²) in [5.41, 5.74) is 0. The maximum atomic E-state index is 12.3. The Labute approximate surface area is 110 Å². The van der Waals surface area contributed by atoms with Gasteiger partial charge in [0.1, 0.15) is 5.76 Å². The van der Waals surface area contributed by atoms with E-state index < -0.39 is 12.7 Å². The zero-order chi connectivity index (χ0) is 13.9. The first-order valence-corrected chi connectivity index (χ1v) is 6.52. The Morgan fingerprint density at radius 1 is 1.42 bits per heavy atom. The van der Waals surface area contributed by atoms with Gasteiger partial charge in [0.05, 0.1) is 18.8 Å². The monoisotopic (exact) mass is 276 g/mol. The standard InChI is InChI=1S/C13H19F3N2O/c1-10(12-3-2-8-19-12)17-11-4-6-18(7-5-11)9-13(14,15)16/h2-3,8,10-11,17H,4-7,9H2,1H3/t10-/m1/s1. The van der Waals surface area contributed by atoms with Crippen LogP contribution in [0.15, 0.2) is 22.8 Å². The summed E-state index contributed by atoms with van der Waals surface area (Å²) < 4.78 is 42.1. The maximum Gasteiger partial charge on any atom is 0.401 e. The number of furan rings is 1. The molecule has 0 aromatic carbocycles. The van der Waals surface area contributed by atoms with Crippen molar-refractivity contribution in [1.82, 2.24) is 10.2 Å². The highest BCUT2D eigenvalue weighted by atomic mass is 19.4. The molecule has 1 atom stereocenters. The van der Waals surface area contributed by atoms with Gasteiger partial charge in [-0.2, -0.15) is 13.2 Å². The topological polar surface area (TPSA) is 28.4 Å². The minimum atomic E-state index is -4.10. The van der Waals surface area contributed by atoms with Gasteiger partial charge in [-0.1, -0.05) is 0 Å². The van der Waals surface area contributed by atoms with Crippen LogP contribution in [0.5, 0.6) is 0 Å². The summed E-state index contributed by atoms with van der Waals surface area (Å²) in [6.45, 7) is 2.18. The second kappa shape index (κ2) is 5.96. The third-order valence-electron chi connectivity index (χ3n) is 3.45. The molecule has 2 rings (SSSR count). The molecule has 19 heavy (non-hydrogen) atoms. The molecule has 1 N–H and O–H groups in total. The number of halogens is 3. The molecule has 1 fully saturated rings. The number of hydrogen-bond acceptors (Lipinski definition) is 3. The van der Waals surface area contributed by atoms with Crippen molar-refractivity contribution < 1.29 is 17.6 Å². The van der Waals surface area contributed by atoms with E-state index in [0.29, 0.717) is 13.1 Å². The number of likely N-dealkylation sites (tertiary alicyclic amines) is 1. The molecule has 0 spiro atoms. The van der Waals surface area contributed by atoms with Crippen molar-refractivity contribution in [1.29, 1.82) is 0 Å². The summed E-state index contributed by atoms with van der Waals surface area (Å²) in [5, 5.41) is 3.40. The van der Waals surface area contributed by atoms with Crippen molar-refractivity contribution in [3.05, 3.63) is 24.2 Å². The fourth-order valence-corrected chi connectivity index (χ4v) is 2.48. The number of alkyl halides is 3. The van der Waals surface area contributed by atoms with Gasteiger partial charge in [-0.25, -0.2) is 0 Å². The van der Waals surface area contributed by atoms with Crippen LogP contribution >= 0.6 is 0 Å². The lowest BCUT2D eigenvalue weighted by molar-refractivity contribution is -0.148. The third-order valence-corrected chi connectivity index (χ3v) is 3.45. The summed E-state index contributed by atoms with van der Waals surface area (Å²) in [6, 6.07) is 4.08. The largest absolute Gasteiger partial charge is 0.468 e. The molecule has 6 heteroatoms. The van der Waals surface area contributed by atoms with E-state index >= 15 is 0 Å². The first-order chi connectivity index (χ1) is 8.94. The molecule has 0 aliphatic carbocycles. The fraction of sp³-hybridized carbons (Fsp3) is 0.692. The molecule has 1 aromatic heterocycles. The minimum absolute atomic E-state index is 0.0918. The van der Waals surface area contributed by atoms with Crippen molar-refractivity contribution in [2.24, 2.45) is 0 Å². The molecule has 3 nitrogen and oxygen atoms in total. The number of hydrogen-bond donors (Lipinski definition) is 1. The van der Waals surface area contributed by atoms with Gasteiger partial charge in [0.25, 0.3) is 0 Å². The van der Waals surface area contributed by atoms with Crippen LogP contribution in [0.1, 0.15) is 31.6 Å². The molecule has 2 heterocycles. The van der Waals surface area contributed by atoms with Crippen LogP contribution in [0.4, 0.5) is 13.2 Å².